The van der Waals surface area contributed by atoms with Crippen molar-refractivity contribution in [2.45, 2.75) is 51.6 Å². The summed E-state index contributed by atoms with van der Waals surface area (Å²) in [6, 6.07) is 14.6. The largest absolute Gasteiger partial charge is 0.357 e. The van der Waals surface area contributed by atoms with Gasteiger partial charge in [-0.15, -0.1) is 0 Å². The maximum atomic E-state index is 6.49. The van der Waals surface area contributed by atoms with Gasteiger partial charge in [-0.25, -0.2) is 4.98 Å². The summed E-state index contributed by atoms with van der Waals surface area (Å²) in [5.41, 5.74) is 19.4. The number of imidazole rings is 1. The third-order valence-electron chi connectivity index (χ3n) is 7.70. The van der Waals surface area contributed by atoms with E-state index in [2.05, 4.69) is 66.0 Å². The molecule has 2 heterocycles. The third-order valence-corrected chi connectivity index (χ3v) is 7.70. The van der Waals surface area contributed by atoms with Crippen molar-refractivity contribution in [3.8, 4) is 11.8 Å². The average molecular weight is 424 g/mol. The standard InChI is InChI=1S/C27H29N5/c1-26(9-10-26)23(28)22-15-18-7-5-16(13-20(18)30-22)3-4-17-6-8-19-21(14-17)32-25(31-19)24(29)27(2)11-12-27/h5-8,13-15,23-24,30H,9-12,28-29H2,1-2H3,(H,31,32)/t23?,24-/m1/s1. The molecule has 2 aliphatic rings. The fraction of sp³-hybridized carbons (Fsp3) is 0.370. The van der Waals surface area contributed by atoms with E-state index >= 15 is 0 Å². The molecular formula is C27H29N5. The number of H-pyrrole nitrogens is 2. The predicted octanol–water partition coefficient (Wildman–Crippen LogP) is 5.04. The normalized spacial score (nSPS) is 20.0. The van der Waals surface area contributed by atoms with Gasteiger partial charge in [-0.2, -0.15) is 0 Å². The number of aromatic nitrogens is 3. The maximum Gasteiger partial charge on any atom is 0.124 e. The van der Waals surface area contributed by atoms with Crippen LogP contribution in [0.3, 0.4) is 0 Å². The number of benzene rings is 2. The van der Waals surface area contributed by atoms with Crippen LogP contribution in [-0.2, 0) is 0 Å². The van der Waals surface area contributed by atoms with Crippen molar-refractivity contribution in [2.24, 2.45) is 22.3 Å². The second kappa shape index (κ2) is 6.71. The van der Waals surface area contributed by atoms with Crippen molar-refractivity contribution >= 4 is 21.9 Å². The van der Waals surface area contributed by atoms with Gasteiger partial charge >= 0.3 is 0 Å². The molecule has 2 fully saturated rings. The highest BCUT2D eigenvalue weighted by Gasteiger charge is 2.45. The summed E-state index contributed by atoms with van der Waals surface area (Å²) in [6.45, 7) is 4.49. The third kappa shape index (κ3) is 3.31. The highest BCUT2D eigenvalue weighted by molar-refractivity contribution is 5.82. The first-order valence-electron chi connectivity index (χ1n) is 11.5. The Morgan fingerprint density at radius 2 is 1.44 bits per heavy atom. The summed E-state index contributed by atoms with van der Waals surface area (Å²) in [4.78, 5) is 11.6. The molecule has 2 aromatic carbocycles. The molecule has 2 saturated carbocycles. The number of nitrogens with one attached hydrogen (secondary N) is 2. The summed E-state index contributed by atoms with van der Waals surface area (Å²) < 4.78 is 0. The minimum atomic E-state index is -0.0440. The molecule has 1 unspecified atom stereocenters. The van der Waals surface area contributed by atoms with Gasteiger partial charge in [0, 0.05) is 22.3 Å². The Kier molecular flexibility index (Phi) is 4.11. The zero-order valence-electron chi connectivity index (χ0n) is 18.6. The number of hydrogen-bond donors (Lipinski definition) is 4. The number of aromatic amines is 2. The van der Waals surface area contributed by atoms with E-state index < -0.39 is 0 Å². The van der Waals surface area contributed by atoms with Gasteiger partial charge in [0.15, 0.2) is 0 Å². The Hall–Kier alpha value is -3.07. The first-order chi connectivity index (χ1) is 15.3. The number of hydrogen-bond acceptors (Lipinski definition) is 3. The van der Waals surface area contributed by atoms with Gasteiger partial charge in [0.2, 0.25) is 0 Å². The summed E-state index contributed by atoms with van der Waals surface area (Å²) in [5, 5.41) is 1.18. The highest BCUT2D eigenvalue weighted by atomic mass is 15.0. The number of nitrogens with zero attached hydrogens (tertiary/aromatic N) is 1. The zero-order chi connectivity index (χ0) is 22.1. The van der Waals surface area contributed by atoms with E-state index in [1.807, 2.05) is 12.1 Å². The van der Waals surface area contributed by atoms with E-state index in [9.17, 15) is 0 Å². The maximum absolute atomic E-state index is 6.49. The van der Waals surface area contributed by atoms with Crippen molar-refractivity contribution in [3.05, 3.63) is 65.1 Å². The second-order valence-electron chi connectivity index (χ2n) is 10.4. The van der Waals surface area contributed by atoms with Gasteiger partial charge in [-0.3, -0.25) is 0 Å². The van der Waals surface area contributed by atoms with Crippen molar-refractivity contribution in [1.29, 1.82) is 0 Å². The lowest BCUT2D eigenvalue weighted by Gasteiger charge is -2.16. The molecule has 0 spiro atoms. The van der Waals surface area contributed by atoms with Crippen LogP contribution in [-0.4, -0.2) is 15.0 Å². The average Bonchev–Trinajstić information content (AvgIpc) is 3.62. The van der Waals surface area contributed by atoms with Crippen LogP contribution in [0.15, 0.2) is 42.5 Å². The van der Waals surface area contributed by atoms with E-state index in [1.54, 1.807) is 0 Å². The molecule has 2 aliphatic carbocycles. The monoisotopic (exact) mass is 423 g/mol. The van der Waals surface area contributed by atoms with E-state index in [-0.39, 0.29) is 22.9 Å². The number of rotatable bonds is 4. The highest BCUT2D eigenvalue weighted by Crippen LogP contribution is 2.53. The molecule has 5 heteroatoms. The van der Waals surface area contributed by atoms with Crippen molar-refractivity contribution in [3.63, 3.8) is 0 Å². The molecule has 0 aliphatic heterocycles. The van der Waals surface area contributed by atoms with Crippen LogP contribution < -0.4 is 11.5 Å². The Labute approximate surface area is 188 Å². The summed E-state index contributed by atoms with van der Waals surface area (Å²) in [6.07, 6.45) is 4.74. The fourth-order valence-electron chi connectivity index (χ4n) is 4.52. The van der Waals surface area contributed by atoms with Gasteiger partial charge in [0.25, 0.3) is 0 Å². The minimum absolute atomic E-state index is 0.0440. The molecule has 32 heavy (non-hydrogen) atoms. The lowest BCUT2D eigenvalue weighted by molar-refractivity contribution is 0.435. The van der Waals surface area contributed by atoms with Gasteiger partial charge in [0.05, 0.1) is 23.1 Å². The van der Waals surface area contributed by atoms with Crippen LogP contribution >= 0.6 is 0 Å². The molecule has 5 nitrogen and oxygen atoms in total. The van der Waals surface area contributed by atoms with E-state index in [4.69, 9.17) is 16.5 Å². The van der Waals surface area contributed by atoms with Crippen LogP contribution in [0.1, 0.15) is 74.3 Å². The van der Waals surface area contributed by atoms with Gasteiger partial charge < -0.3 is 21.4 Å². The molecule has 2 aromatic heterocycles. The fourth-order valence-corrected chi connectivity index (χ4v) is 4.52. The molecule has 162 valence electrons. The van der Waals surface area contributed by atoms with Crippen molar-refractivity contribution < 1.29 is 0 Å². The van der Waals surface area contributed by atoms with E-state index in [0.717, 1.165) is 39.2 Å². The molecule has 6 rings (SSSR count). The van der Waals surface area contributed by atoms with Gasteiger partial charge in [0.1, 0.15) is 5.82 Å². The Balaban J connectivity index is 1.26. The van der Waals surface area contributed by atoms with Gasteiger partial charge in [-0.1, -0.05) is 31.8 Å². The molecule has 0 amide bonds. The molecular weight excluding hydrogens is 394 g/mol. The first-order valence-corrected chi connectivity index (χ1v) is 11.5. The Morgan fingerprint density at radius 1 is 0.812 bits per heavy atom. The number of nitrogens with two attached hydrogens (primary N) is 2. The summed E-state index contributed by atoms with van der Waals surface area (Å²) >= 11 is 0. The lowest BCUT2D eigenvalue weighted by atomic mass is 9.97. The van der Waals surface area contributed by atoms with Crippen molar-refractivity contribution in [1.82, 2.24) is 15.0 Å². The smallest absolute Gasteiger partial charge is 0.124 e. The minimum Gasteiger partial charge on any atom is -0.357 e. The molecule has 0 radical (unpaired) electrons. The topological polar surface area (TPSA) is 96.5 Å². The van der Waals surface area contributed by atoms with Gasteiger partial charge in [-0.05, 0) is 78.3 Å². The molecule has 2 atom stereocenters. The second-order valence-corrected chi connectivity index (χ2v) is 10.4. The summed E-state index contributed by atoms with van der Waals surface area (Å²) in [7, 11) is 0. The molecule has 0 saturated heterocycles. The molecule has 6 N–H and O–H groups in total. The van der Waals surface area contributed by atoms with Crippen molar-refractivity contribution in [2.75, 3.05) is 0 Å². The van der Waals surface area contributed by atoms with E-state index in [0.29, 0.717) is 0 Å². The van der Waals surface area contributed by atoms with Crippen LogP contribution in [0.2, 0.25) is 0 Å². The van der Waals surface area contributed by atoms with Crippen LogP contribution in [0.25, 0.3) is 21.9 Å². The van der Waals surface area contributed by atoms with E-state index in [1.165, 1.54) is 31.1 Å². The van der Waals surface area contributed by atoms with Crippen LogP contribution in [0, 0.1) is 22.7 Å². The van der Waals surface area contributed by atoms with Crippen LogP contribution in [0.5, 0.6) is 0 Å². The predicted molar refractivity (Wildman–Crippen MR) is 129 cm³/mol. The number of fused-ring (bicyclic) bond motifs is 2. The molecule has 4 aromatic rings. The molecule has 0 bridgehead atoms. The zero-order valence-corrected chi connectivity index (χ0v) is 18.6. The summed E-state index contributed by atoms with van der Waals surface area (Å²) in [5.74, 6) is 7.47. The quantitative estimate of drug-likeness (QED) is 0.346. The SMILES string of the molecule is CC1(C(N)c2cc3ccc(C#Cc4ccc5nc([C@@H](N)C6(C)CC6)[nH]c5c4)cc3[nH]2)CC1. The Bertz CT molecular complexity index is 1300. The Morgan fingerprint density at radius 3 is 2.12 bits per heavy atom. The lowest BCUT2D eigenvalue weighted by Crippen LogP contribution is -2.21. The first kappa shape index (κ1) is 19.6. The van der Waals surface area contributed by atoms with Crippen LogP contribution in [0.4, 0.5) is 0 Å².